The molecule has 0 radical (unpaired) electrons. The quantitative estimate of drug-likeness (QED) is 0.634. The van der Waals surface area contributed by atoms with Crippen LogP contribution < -0.4 is 5.73 Å². The highest BCUT2D eigenvalue weighted by molar-refractivity contribution is 6.67. The number of aliphatic hydroxyl groups is 1. The van der Waals surface area contributed by atoms with Crippen LogP contribution in [0, 0.1) is 0 Å². The van der Waals surface area contributed by atoms with Crippen molar-refractivity contribution >= 4 is 40.6 Å². The molecule has 0 aliphatic carbocycles. The van der Waals surface area contributed by atoms with Crippen molar-refractivity contribution in [3.05, 3.63) is 0 Å². The zero-order valence-corrected chi connectivity index (χ0v) is 8.75. The molecular formula is C5H12Cl3NO3. The summed E-state index contributed by atoms with van der Waals surface area (Å²) in [5.74, 6) is 0.0324. The second kappa shape index (κ2) is 9.51. The van der Waals surface area contributed by atoms with Crippen molar-refractivity contribution in [3.63, 3.8) is 0 Å². The first kappa shape index (κ1) is 18.3. The number of Topliss-reactive ketones (excluding diaryl/α,β-unsaturated/α-hetero) is 1. The van der Waals surface area contributed by atoms with E-state index in [1.165, 1.54) is 6.92 Å². The monoisotopic (exact) mass is 239 g/mol. The predicted molar refractivity (Wildman–Crippen MR) is 50.7 cm³/mol. The van der Waals surface area contributed by atoms with Crippen molar-refractivity contribution in [3.8, 4) is 0 Å². The van der Waals surface area contributed by atoms with Crippen molar-refractivity contribution in [1.29, 1.82) is 0 Å². The molecule has 0 amide bonds. The van der Waals surface area contributed by atoms with Gasteiger partial charge in [-0.25, -0.2) is 0 Å². The number of hydrogen-bond donors (Lipinski definition) is 2. The molecule has 0 rings (SSSR count). The van der Waals surface area contributed by atoms with Gasteiger partial charge in [0.1, 0.15) is 5.78 Å². The van der Waals surface area contributed by atoms with Gasteiger partial charge in [-0.3, -0.25) is 4.79 Å². The molecule has 0 aromatic rings. The molecule has 76 valence electrons. The van der Waals surface area contributed by atoms with Gasteiger partial charge in [-0.2, -0.15) is 0 Å². The second-order valence-corrected chi connectivity index (χ2v) is 4.20. The van der Waals surface area contributed by atoms with E-state index in [1.54, 1.807) is 0 Å². The number of alkyl halides is 3. The van der Waals surface area contributed by atoms with E-state index in [1.807, 2.05) is 0 Å². The molecule has 0 aromatic carbocycles. The number of carbonyl (C=O) groups is 1. The molecule has 12 heavy (non-hydrogen) atoms. The summed E-state index contributed by atoms with van der Waals surface area (Å²) in [5, 5.41) is 8.01. The fourth-order valence-electron chi connectivity index (χ4n) is 0. The van der Waals surface area contributed by atoms with Gasteiger partial charge in [0, 0.05) is 0 Å². The van der Waals surface area contributed by atoms with E-state index in [-0.39, 0.29) is 17.8 Å². The van der Waals surface area contributed by atoms with Crippen LogP contribution in [0.5, 0.6) is 0 Å². The standard InChI is InChI=1S/C3H7NO.C2H3Cl3O.H2O/c1-3(5)2-4;3-2(4,5)1-6;/h2,4H2,1H3;6H,1H2;1H2. The molecule has 0 heterocycles. The molecule has 0 aliphatic rings. The molecule has 5 N–H and O–H groups in total. The van der Waals surface area contributed by atoms with E-state index in [2.05, 4.69) is 0 Å². The van der Waals surface area contributed by atoms with E-state index in [9.17, 15) is 4.79 Å². The molecule has 7 heteroatoms. The van der Waals surface area contributed by atoms with Crippen LogP contribution in [0.3, 0.4) is 0 Å². The fourth-order valence-corrected chi connectivity index (χ4v) is 0. The van der Waals surface area contributed by atoms with Gasteiger partial charge in [-0.15, -0.1) is 0 Å². The predicted octanol–water partition coefficient (Wildman–Crippen LogP) is 0.0583. The van der Waals surface area contributed by atoms with Crippen LogP contribution in [0.25, 0.3) is 0 Å². The smallest absolute Gasteiger partial charge is 0.213 e. The Labute approximate surface area is 85.9 Å². The molecule has 0 unspecified atom stereocenters. The Morgan fingerprint density at radius 2 is 1.67 bits per heavy atom. The highest BCUT2D eigenvalue weighted by atomic mass is 35.6. The van der Waals surface area contributed by atoms with Crippen molar-refractivity contribution in [2.24, 2.45) is 5.73 Å². The number of nitrogens with two attached hydrogens (primary N) is 1. The summed E-state index contributed by atoms with van der Waals surface area (Å²) in [6.45, 7) is 1.19. The molecule has 0 aromatic heterocycles. The molecule has 0 fully saturated rings. The highest BCUT2D eigenvalue weighted by Gasteiger charge is 2.16. The molecular weight excluding hydrogens is 228 g/mol. The lowest BCUT2D eigenvalue weighted by Crippen LogP contribution is -2.07. The first-order valence-corrected chi connectivity index (χ1v) is 3.84. The van der Waals surface area contributed by atoms with Crippen LogP contribution in [0.1, 0.15) is 6.92 Å². The third kappa shape index (κ3) is 31.5. The minimum absolute atomic E-state index is 0. The van der Waals surface area contributed by atoms with Crippen LogP contribution in [0.15, 0.2) is 0 Å². The first-order valence-electron chi connectivity index (χ1n) is 2.70. The maximum Gasteiger partial charge on any atom is 0.213 e. The first-order chi connectivity index (χ1) is 4.83. The van der Waals surface area contributed by atoms with Crippen molar-refractivity contribution in [1.82, 2.24) is 0 Å². The maximum atomic E-state index is 9.69. The SMILES string of the molecule is CC(=O)CN.O.OCC(Cl)(Cl)Cl. The summed E-state index contributed by atoms with van der Waals surface area (Å²) in [6.07, 6.45) is 0. The van der Waals surface area contributed by atoms with Crippen molar-refractivity contribution in [2.45, 2.75) is 10.7 Å². The third-order valence-corrected chi connectivity index (χ3v) is 0.825. The Morgan fingerprint density at radius 3 is 1.67 bits per heavy atom. The minimum Gasteiger partial charge on any atom is -0.412 e. The van der Waals surface area contributed by atoms with Crippen LogP contribution in [-0.2, 0) is 4.79 Å². The summed E-state index contributed by atoms with van der Waals surface area (Å²) < 4.78 is -1.49. The number of halogens is 3. The van der Waals surface area contributed by atoms with E-state index < -0.39 is 10.4 Å². The number of carbonyl (C=O) groups excluding carboxylic acids is 1. The number of ketones is 1. The summed E-state index contributed by atoms with van der Waals surface area (Å²) in [5.41, 5.74) is 4.82. The second-order valence-electron chi connectivity index (χ2n) is 1.68. The lowest BCUT2D eigenvalue weighted by atomic mass is 10.5. The Bertz CT molecular complexity index is 115. The maximum absolute atomic E-state index is 9.69. The molecule has 0 spiro atoms. The van der Waals surface area contributed by atoms with Gasteiger partial charge in [0.15, 0.2) is 0 Å². The van der Waals surface area contributed by atoms with Gasteiger partial charge in [-0.05, 0) is 6.92 Å². The van der Waals surface area contributed by atoms with E-state index in [4.69, 9.17) is 45.6 Å². The van der Waals surface area contributed by atoms with Crippen molar-refractivity contribution in [2.75, 3.05) is 13.2 Å². The van der Waals surface area contributed by atoms with Crippen LogP contribution >= 0.6 is 34.8 Å². The number of aliphatic hydroxyl groups excluding tert-OH is 1. The zero-order chi connectivity index (χ0) is 9.49. The van der Waals surface area contributed by atoms with Crippen molar-refractivity contribution < 1.29 is 15.4 Å². The van der Waals surface area contributed by atoms with Gasteiger partial charge in [0.05, 0.1) is 13.2 Å². The Kier molecular flexibility index (Phi) is 14.5. The van der Waals surface area contributed by atoms with Gasteiger partial charge in [-0.1, -0.05) is 34.8 Å². The van der Waals surface area contributed by atoms with Gasteiger partial charge in [0.25, 0.3) is 0 Å². The van der Waals surface area contributed by atoms with Gasteiger partial charge >= 0.3 is 0 Å². The normalized spacial score (nSPS) is 9.17. The molecule has 4 nitrogen and oxygen atoms in total. The molecule has 0 aliphatic heterocycles. The van der Waals surface area contributed by atoms with Crippen LogP contribution in [0.4, 0.5) is 0 Å². The Morgan fingerprint density at radius 1 is 1.50 bits per heavy atom. The lowest BCUT2D eigenvalue weighted by molar-refractivity contribution is -0.115. The summed E-state index contributed by atoms with van der Waals surface area (Å²) in [7, 11) is 0. The number of hydrogen-bond acceptors (Lipinski definition) is 3. The fraction of sp³-hybridized carbons (Fsp3) is 0.800. The molecule has 0 atom stereocenters. The highest BCUT2D eigenvalue weighted by Crippen LogP contribution is 2.23. The third-order valence-electron chi connectivity index (χ3n) is 0.467. The average molecular weight is 241 g/mol. The van der Waals surface area contributed by atoms with Gasteiger partial charge < -0.3 is 16.3 Å². The average Bonchev–Trinajstić information content (AvgIpc) is 1.88. The van der Waals surface area contributed by atoms with Crippen LogP contribution in [0.2, 0.25) is 0 Å². The minimum atomic E-state index is -1.49. The summed E-state index contributed by atoms with van der Waals surface area (Å²) in [6, 6.07) is 0. The van der Waals surface area contributed by atoms with E-state index >= 15 is 0 Å². The Hall–Kier alpha value is 0.420. The number of rotatable bonds is 1. The van der Waals surface area contributed by atoms with E-state index in [0.29, 0.717) is 0 Å². The summed E-state index contributed by atoms with van der Waals surface area (Å²) >= 11 is 15.0. The Balaban J connectivity index is -0.000000126. The van der Waals surface area contributed by atoms with Crippen LogP contribution in [-0.4, -0.2) is 33.3 Å². The van der Waals surface area contributed by atoms with E-state index in [0.717, 1.165) is 0 Å². The zero-order valence-electron chi connectivity index (χ0n) is 6.48. The van der Waals surface area contributed by atoms with Gasteiger partial charge in [0.2, 0.25) is 3.79 Å². The molecule has 0 bridgehead atoms. The largest absolute Gasteiger partial charge is 0.412 e. The topological polar surface area (TPSA) is 94.8 Å². The molecule has 0 saturated heterocycles. The lowest BCUT2D eigenvalue weighted by Gasteiger charge is -2.01. The molecule has 0 saturated carbocycles. The summed E-state index contributed by atoms with van der Waals surface area (Å²) in [4.78, 5) is 9.69.